The summed E-state index contributed by atoms with van der Waals surface area (Å²) in [6, 6.07) is 7.51. The predicted molar refractivity (Wildman–Crippen MR) is 80.9 cm³/mol. The highest BCUT2D eigenvalue weighted by Crippen LogP contribution is 2.30. The van der Waals surface area contributed by atoms with E-state index in [2.05, 4.69) is 21.4 Å². The van der Waals surface area contributed by atoms with Crippen molar-refractivity contribution < 1.29 is 8.42 Å². The Kier molecular flexibility index (Phi) is 3.63. The number of nitrogens with zero attached hydrogens (tertiary/aromatic N) is 2. The van der Waals surface area contributed by atoms with Gasteiger partial charge in [-0.25, -0.2) is 13.4 Å². The van der Waals surface area contributed by atoms with Crippen LogP contribution in [0.5, 0.6) is 0 Å². The van der Waals surface area contributed by atoms with Crippen LogP contribution in [-0.2, 0) is 16.3 Å². The first-order valence-corrected chi connectivity index (χ1v) is 8.79. The van der Waals surface area contributed by atoms with E-state index in [0.29, 0.717) is 0 Å². The number of aromatic nitrogens is 2. The number of hydrogen-bond donors (Lipinski definition) is 1. The lowest BCUT2D eigenvalue weighted by Crippen LogP contribution is -2.19. The van der Waals surface area contributed by atoms with Crippen LogP contribution in [0.3, 0.4) is 0 Å². The predicted octanol–water partition coefficient (Wildman–Crippen LogP) is 2.37. The first-order chi connectivity index (χ1) is 10.0. The number of pyridine rings is 2. The molecule has 0 radical (unpaired) electrons. The first-order valence-electron chi connectivity index (χ1n) is 6.90. The number of fused-ring (bicyclic) bond motifs is 1. The van der Waals surface area contributed by atoms with Crippen LogP contribution in [0.2, 0.25) is 0 Å². The molecule has 1 aliphatic carbocycles. The lowest BCUT2D eigenvalue weighted by molar-refractivity contribution is 0.583. The van der Waals surface area contributed by atoms with Crippen LogP contribution in [0, 0.1) is 0 Å². The number of sulfone groups is 1. The first kappa shape index (κ1) is 14.0. The Morgan fingerprint density at radius 1 is 1.24 bits per heavy atom. The number of hydrogen-bond acceptors (Lipinski definition) is 5. The lowest BCUT2D eigenvalue weighted by atomic mass is 9.92. The van der Waals surface area contributed by atoms with E-state index >= 15 is 0 Å². The fourth-order valence-electron chi connectivity index (χ4n) is 2.64. The maximum Gasteiger partial charge on any atom is 0.192 e. The van der Waals surface area contributed by atoms with Gasteiger partial charge >= 0.3 is 0 Å². The molecule has 2 aromatic rings. The van der Waals surface area contributed by atoms with Crippen molar-refractivity contribution in [2.75, 3.05) is 11.6 Å². The maximum atomic E-state index is 11.4. The highest BCUT2D eigenvalue weighted by Gasteiger charge is 2.21. The summed E-state index contributed by atoms with van der Waals surface area (Å²) in [4.78, 5) is 8.48. The zero-order valence-corrected chi connectivity index (χ0v) is 12.6. The minimum Gasteiger partial charge on any atom is -0.375 e. The van der Waals surface area contributed by atoms with E-state index in [1.807, 2.05) is 12.3 Å². The van der Waals surface area contributed by atoms with Crippen molar-refractivity contribution in [2.24, 2.45) is 0 Å². The number of nitrogens with one attached hydrogen (secondary N) is 1. The molecule has 1 N–H and O–H groups in total. The highest BCUT2D eigenvalue weighted by molar-refractivity contribution is 7.90. The van der Waals surface area contributed by atoms with Gasteiger partial charge in [-0.2, -0.15) is 0 Å². The minimum absolute atomic E-state index is 0.0928. The Bertz CT molecular complexity index is 742. The quantitative estimate of drug-likeness (QED) is 0.942. The average Bonchev–Trinajstić information content (AvgIpc) is 2.47. The van der Waals surface area contributed by atoms with Crippen LogP contribution in [0.4, 0.5) is 5.69 Å². The van der Waals surface area contributed by atoms with Gasteiger partial charge in [0.1, 0.15) is 0 Å². The molecule has 1 atom stereocenters. The topological polar surface area (TPSA) is 72.0 Å². The highest BCUT2D eigenvalue weighted by atomic mass is 32.2. The van der Waals surface area contributed by atoms with Gasteiger partial charge in [-0.1, -0.05) is 6.07 Å². The van der Waals surface area contributed by atoms with Gasteiger partial charge in [-0.3, -0.25) is 4.98 Å². The molecular formula is C15H17N3O2S. The van der Waals surface area contributed by atoms with E-state index in [4.69, 9.17) is 0 Å². The summed E-state index contributed by atoms with van der Waals surface area (Å²) < 4.78 is 22.8. The molecule has 3 rings (SSSR count). The molecule has 0 aliphatic heterocycles. The zero-order chi connectivity index (χ0) is 14.9. The second-order valence-electron chi connectivity index (χ2n) is 5.29. The summed E-state index contributed by atoms with van der Waals surface area (Å²) in [5.41, 5.74) is 3.17. The zero-order valence-electron chi connectivity index (χ0n) is 11.8. The Hall–Kier alpha value is -1.95. The molecule has 1 aliphatic rings. The summed E-state index contributed by atoms with van der Waals surface area (Å²) in [7, 11) is -3.25. The van der Waals surface area contributed by atoms with Gasteiger partial charge in [0.25, 0.3) is 0 Å². The van der Waals surface area contributed by atoms with Gasteiger partial charge in [0.05, 0.1) is 23.6 Å². The third kappa shape index (κ3) is 3.05. The van der Waals surface area contributed by atoms with Gasteiger partial charge < -0.3 is 5.32 Å². The van der Waals surface area contributed by atoms with Crippen molar-refractivity contribution in [3.8, 4) is 0 Å². The second-order valence-corrected chi connectivity index (χ2v) is 7.26. The maximum absolute atomic E-state index is 11.4. The molecular weight excluding hydrogens is 286 g/mol. The molecule has 6 heteroatoms. The summed E-state index contributed by atoms with van der Waals surface area (Å²) in [6.07, 6.45) is 7.72. The fraction of sp³-hybridized carbons (Fsp3) is 0.333. The smallest absolute Gasteiger partial charge is 0.192 e. The van der Waals surface area contributed by atoms with Crippen LogP contribution in [-0.4, -0.2) is 24.6 Å². The molecule has 0 aromatic carbocycles. The van der Waals surface area contributed by atoms with Crippen LogP contribution < -0.4 is 5.32 Å². The Balaban J connectivity index is 1.82. The van der Waals surface area contributed by atoms with E-state index < -0.39 is 9.84 Å². The molecule has 0 spiro atoms. The van der Waals surface area contributed by atoms with Crippen molar-refractivity contribution in [1.29, 1.82) is 0 Å². The molecule has 5 nitrogen and oxygen atoms in total. The standard InChI is InChI=1S/C15H17N3O2S/c1-21(19,20)14-8-7-12(10-17-14)18-13-6-2-4-11-5-3-9-16-15(11)13/h3,5,7-10,13,18H,2,4,6H2,1H3. The largest absolute Gasteiger partial charge is 0.375 e. The molecule has 0 saturated carbocycles. The van der Waals surface area contributed by atoms with Crippen molar-refractivity contribution in [2.45, 2.75) is 30.3 Å². The molecule has 0 bridgehead atoms. The Labute approximate surface area is 124 Å². The Morgan fingerprint density at radius 3 is 2.81 bits per heavy atom. The Morgan fingerprint density at radius 2 is 2.10 bits per heavy atom. The average molecular weight is 303 g/mol. The van der Waals surface area contributed by atoms with Gasteiger partial charge in [-0.15, -0.1) is 0 Å². The normalized spacial score (nSPS) is 18.0. The van der Waals surface area contributed by atoms with Crippen LogP contribution in [0.1, 0.15) is 30.1 Å². The van der Waals surface area contributed by atoms with Gasteiger partial charge in [-0.05, 0) is 43.0 Å². The van der Waals surface area contributed by atoms with Crippen molar-refractivity contribution in [3.05, 3.63) is 47.9 Å². The van der Waals surface area contributed by atoms with Crippen LogP contribution in [0.15, 0.2) is 41.7 Å². The second kappa shape index (κ2) is 5.44. The molecule has 110 valence electrons. The summed E-state index contributed by atoms with van der Waals surface area (Å²) >= 11 is 0. The molecule has 2 heterocycles. The third-order valence-corrected chi connectivity index (χ3v) is 4.65. The monoisotopic (exact) mass is 303 g/mol. The fourth-order valence-corrected chi connectivity index (χ4v) is 3.20. The molecule has 2 aromatic heterocycles. The van der Waals surface area contributed by atoms with Gasteiger partial charge in [0.2, 0.25) is 0 Å². The number of anilines is 1. The van der Waals surface area contributed by atoms with Gasteiger partial charge in [0.15, 0.2) is 14.9 Å². The van der Waals surface area contributed by atoms with Gasteiger partial charge in [0, 0.05) is 12.5 Å². The summed E-state index contributed by atoms with van der Waals surface area (Å²) in [6.45, 7) is 0. The molecule has 0 fully saturated rings. The van der Waals surface area contributed by atoms with Crippen molar-refractivity contribution >= 4 is 15.5 Å². The SMILES string of the molecule is CS(=O)(=O)c1ccc(NC2CCCc3cccnc32)cn1. The van der Waals surface area contributed by atoms with E-state index in [1.165, 1.54) is 11.6 Å². The third-order valence-electron chi connectivity index (χ3n) is 3.65. The van der Waals surface area contributed by atoms with Crippen molar-refractivity contribution in [3.63, 3.8) is 0 Å². The van der Waals surface area contributed by atoms with E-state index in [0.717, 1.165) is 36.9 Å². The summed E-state index contributed by atoms with van der Waals surface area (Å²) in [5, 5.41) is 3.49. The molecule has 0 saturated heterocycles. The van der Waals surface area contributed by atoms with Crippen LogP contribution in [0.25, 0.3) is 0 Å². The lowest BCUT2D eigenvalue weighted by Gasteiger charge is -2.25. The molecule has 21 heavy (non-hydrogen) atoms. The summed E-state index contributed by atoms with van der Waals surface area (Å²) in [5.74, 6) is 0. The van der Waals surface area contributed by atoms with E-state index in [1.54, 1.807) is 12.3 Å². The van der Waals surface area contributed by atoms with Crippen molar-refractivity contribution in [1.82, 2.24) is 9.97 Å². The van der Waals surface area contributed by atoms with E-state index in [-0.39, 0.29) is 11.1 Å². The van der Waals surface area contributed by atoms with Crippen LogP contribution >= 0.6 is 0 Å². The minimum atomic E-state index is -3.25. The van der Waals surface area contributed by atoms with E-state index in [9.17, 15) is 8.42 Å². The number of rotatable bonds is 3. The number of aryl methyl sites for hydroxylation is 1. The molecule has 1 unspecified atom stereocenters. The molecule has 0 amide bonds.